The van der Waals surface area contributed by atoms with Crippen LogP contribution in [0.2, 0.25) is 87.6 Å². The zero-order valence-electron chi connectivity index (χ0n) is 44.1. The van der Waals surface area contributed by atoms with Gasteiger partial charge in [0.1, 0.15) is 0 Å². The Hall–Kier alpha value is 0.0613. The number of allylic oxidation sites excluding steroid dienone is 8. The molecule has 67 heavy (non-hydrogen) atoms. The van der Waals surface area contributed by atoms with Gasteiger partial charge in [-0.1, -0.05) is 113 Å². The van der Waals surface area contributed by atoms with Crippen LogP contribution in [0, 0.1) is 71.0 Å². The molecule has 0 radical (unpaired) electrons. The lowest BCUT2D eigenvalue weighted by Gasteiger charge is -2.53. The van der Waals surface area contributed by atoms with Crippen molar-refractivity contribution in [3.8, 4) is 0 Å². The van der Waals surface area contributed by atoms with Gasteiger partial charge >= 0.3 is 17.6 Å². The monoisotopic (exact) mass is 1020 g/mol. The second-order valence-electron chi connectivity index (χ2n) is 27.7. The Morgan fingerprint density at radius 1 is 0.313 bits per heavy atom. The highest BCUT2D eigenvalue weighted by molar-refractivity contribution is 6.94. The Balaban J connectivity index is 1.01. The van der Waals surface area contributed by atoms with E-state index in [2.05, 4.69) is 101 Å². The maximum Gasteiger partial charge on any atom is 0.475 e. The molecule has 6 saturated carbocycles. The predicted molar refractivity (Wildman–Crippen MR) is 294 cm³/mol. The van der Waals surface area contributed by atoms with Crippen LogP contribution in [0.5, 0.6) is 0 Å². The van der Waals surface area contributed by atoms with Crippen molar-refractivity contribution in [3.63, 3.8) is 0 Å². The maximum absolute atomic E-state index is 8.82. The van der Waals surface area contributed by atoms with Crippen LogP contribution in [0.3, 0.4) is 0 Å². The summed E-state index contributed by atoms with van der Waals surface area (Å²) in [4.78, 5) is 0. The first-order valence-electron chi connectivity index (χ1n) is 29.2. The second-order valence-corrected chi connectivity index (χ2v) is 51.9. The first-order valence-corrected chi connectivity index (χ1v) is 45.2. The first kappa shape index (κ1) is 50.6. The molecule has 376 valence electrons. The third-order valence-electron chi connectivity index (χ3n) is 20.3. The Labute approximate surface area is 417 Å². The van der Waals surface area contributed by atoms with E-state index >= 15 is 0 Å². The summed E-state index contributed by atoms with van der Waals surface area (Å²) in [5.74, 6) is 9.67. The van der Waals surface area contributed by atoms with Crippen LogP contribution < -0.4 is 0 Å². The molecule has 0 aromatic carbocycles. The van der Waals surface area contributed by atoms with Crippen molar-refractivity contribution in [3.05, 3.63) is 48.6 Å². The van der Waals surface area contributed by atoms with Crippen LogP contribution in [-0.4, -0.2) is 50.9 Å². The van der Waals surface area contributed by atoms with Gasteiger partial charge in [0.25, 0.3) is 0 Å². The molecule has 5 nitrogen and oxygen atoms in total. The second kappa shape index (κ2) is 20.4. The van der Waals surface area contributed by atoms with E-state index < -0.39 is 50.9 Å². The Bertz CT molecular complexity index is 1580. The van der Waals surface area contributed by atoms with Gasteiger partial charge in [-0.3, -0.25) is 0 Å². The minimum atomic E-state index is -3.46. The van der Waals surface area contributed by atoms with Crippen LogP contribution in [0.15, 0.2) is 48.6 Å². The molecule has 0 aliphatic heterocycles. The van der Waals surface area contributed by atoms with Gasteiger partial charge in [-0.25, -0.2) is 0 Å². The fraction of sp³-hybridized carbons (Fsp3) is 0.857. The lowest BCUT2D eigenvalue weighted by Crippen LogP contribution is -2.71. The maximum atomic E-state index is 8.82. The van der Waals surface area contributed by atoms with Crippen molar-refractivity contribution < 1.29 is 20.6 Å². The molecule has 0 amide bonds. The quantitative estimate of drug-likeness (QED) is 0.0712. The van der Waals surface area contributed by atoms with E-state index in [-0.39, 0.29) is 0 Å². The molecule has 0 spiro atoms. The van der Waals surface area contributed by atoms with Gasteiger partial charge in [-0.2, -0.15) is 0 Å². The van der Waals surface area contributed by atoms with E-state index in [9.17, 15) is 0 Å². The van der Waals surface area contributed by atoms with Gasteiger partial charge in [0, 0.05) is 11.1 Å². The number of fused-ring (bicyclic) bond motifs is 8. The first-order chi connectivity index (χ1) is 31.9. The summed E-state index contributed by atoms with van der Waals surface area (Å²) >= 11 is 0. The fourth-order valence-electron chi connectivity index (χ4n) is 16.5. The largest absolute Gasteiger partial charge is 0.475 e. The summed E-state index contributed by atoms with van der Waals surface area (Å²) in [6.07, 6.45) is 49.1. The van der Waals surface area contributed by atoms with Gasteiger partial charge in [0.2, 0.25) is 0 Å². The molecule has 10 aliphatic carbocycles. The number of rotatable bonds is 24. The highest BCUT2D eigenvalue weighted by Gasteiger charge is 2.66. The van der Waals surface area contributed by atoms with Gasteiger partial charge in [-0.05, 0) is 225 Å². The normalized spacial score (nSPS) is 37.7. The molecule has 0 heterocycles. The minimum absolute atomic E-state index is 0.342. The molecular formula is C56H98O5Si6. The molecule has 0 N–H and O–H groups in total. The third-order valence-corrected chi connectivity index (χ3v) is 45.1. The van der Waals surface area contributed by atoms with E-state index in [0.29, 0.717) is 11.1 Å². The zero-order valence-corrected chi connectivity index (χ0v) is 50.1. The van der Waals surface area contributed by atoms with Crippen LogP contribution in [0.4, 0.5) is 0 Å². The molecule has 10 rings (SSSR count). The summed E-state index contributed by atoms with van der Waals surface area (Å²) in [6.45, 7) is 20.7. The van der Waals surface area contributed by atoms with Crippen LogP contribution in [0.1, 0.15) is 141 Å². The zero-order chi connectivity index (χ0) is 46.7. The van der Waals surface area contributed by atoms with Crippen molar-refractivity contribution >= 4 is 50.9 Å². The molecule has 8 bridgehead atoms. The average Bonchev–Trinajstić information content (AvgIpc) is 4.17. The molecule has 0 aromatic rings. The van der Waals surface area contributed by atoms with Gasteiger partial charge < -0.3 is 20.6 Å². The van der Waals surface area contributed by atoms with Crippen molar-refractivity contribution in [1.29, 1.82) is 0 Å². The minimum Gasteiger partial charge on any atom is -0.416 e. The van der Waals surface area contributed by atoms with E-state index in [1.165, 1.54) is 165 Å². The van der Waals surface area contributed by atoms with E-state index in [0.717, 1.165) is 71.0 Å². The Kier molecular flexibility index (Phi) is 15.4. The van der Waals surface area contributed by atoms with Crippen molar-refractivity contribution in [2.75, 3.05) is 0 Å². The fourth-order valence-corrected chi connectivity index (χ4v) is 45.8. The molecule has 6 unspecified atom stereocenters. The third kappa shape index (κ3) is 12.0. The van der Waals surface area contributed by atoms with Gasteiger partial charge in [-0.15, -0.1) is 0 Å². The molecule has 11 heteroatoms. The van der Waals surface area contributed by atoms with E-state index in [4.69, 9.17) is 20.6 Å². The molecule has 6 fully saturated rings. The van der Waals surface area contributed by atoms with Crippen LogP contribution >= 0.6 is 0 Å². The topological polar surface area (TPSA) is 46.2 Å². The molecule has 10 aliphatic rings. The lowest BCUT2D eigenvalue weighted by atomic mass is 9.91. The standard InChI is InChI=1S/C56H98O5Si6/c1-62(2,31-27-51-39-43-19-23-47(51)35-43)57-66(55-15-11-9-12-16-55,58-63(3,4)32-28-52-40-44-20-24-48(52)36-44)61-67(56-17-13-10-14-18-56,59-64(5,6)33-29-53-41-45-21-25-49(53)37-45)60-65(7,8)34-30-54-42-46-22-26-50(54)38-46/h19-26,43-56H,9-18,27-42H2,1-8H3/t43-,44+,45-,46+,47+,48-,49+,50-,51?,52?,53?,54?,66?,67?. The van der Waals surface area contributed by atoms with Crippen LogP contribution in [0.25, 0.3) is 0 Å². The number of hydrogen-bond acceptors (Lipinski definition) is 5. The SMILES string of the molecule is C[Si](C)(CCC1C[C@H]2C=C[C@@H]1C2)O[Si](O[Si](C)(C)CCC1C[C@@H]2C=C[C@H]1C2)(O[Si](O[Si](C)(C)CCC1C[C@H]2C=C[C@@H]1C2)(O[Si](C)(C)CCC1C[C@@H]2C=C[C@H]1C2)C1CCCCC1)C1CCCCC1. The van der Waals surface area contributed by atoms with E-state index in [1.807, 2.05) is 0 Å². The summed E-state index contributed by atoms with van der Waals surface area (Å²) in [6, 6.07) is 4.83. The molecule has 14 atom stereocenters. The highest BCUT2D eigenvalue weighted by Crippen LogP contribution is 2.54. The van der Waals surface area contributed by atoms with E-state index in [1.54, 1.807) is 0 Å². The van der Waals surface area contributed by atoms with Gasteiger partial charge in [0.15, 0.2) is 33.3 Å². The van der Waals surface area contributed by atoms with Crippen molar-refractivity contribution in [1.82, 2.24) is 0 Å². The highest BCUT2D eigenvalue weighted by atomic mass is 28.5. The predicted octanol–water partition coefficient (Wildman–Crippen LogP) is 16.8. The molecular weight excluding hydrogens is 921 g/mol. The van der Waals surface area contributed by atoms with Gasteiger partial charge in [0.05, 0.1) is 0 Å². The lowest BCUT2D eigenvalue weighted by molar-refractivity contribution is 0.139. The Morgan fingerprint density at radius 3 is 0.776 bits per heavy atom. The summed E-state index contributed by atoms with van der Waals surface area (Å²) in [5.41, 5.74) is 0.684. The van der Waals surface area contributed by atoms with Crippen molar-refractivity contribution in [2.45, 2.75) is 229 Å². The molecule has 0 aromatic heterocycles. The van der Waals surface area contributed by atoms with Crippen LogP contribution in [-0.2, 0) is 20.6 Å². The smallest absolute Gasteiger partial charge is 0.416 e. The summed E-state index contributed by atoms with van der Waals surface area (Å²) in [7, 11) is -16.1. The average molecular weight is 1020 g/mol. The Morgan fingerprint density at radius 2 is 0.567 bits per heavy atom. The summed E-state index contributed by atoms with van der Waals surface area (Å²) in [5, 5.41) is 0. The summed E-state index contributed by atoms with van der Waals surface area (Å²) < 4.78 is 42.5. The number of hydrogen-bond donors (Lipinski definition) is 0. The molecule has 0 saturated heterocycles. The van der Waals surface area contributed by atoms with Crippen molar-refractivity contribution in [2.24, 2.45) is 71.0 Å².